The van der Waals surface area contributed by atoms with E-state index in [1.807, 2.05) is 58.0 Å². The Balaban J connectivity index is 2.18. The van der Waals surface area contributed by atoms with Crippen molar-refractivity contribution < 1.29 is 19.5 Å². The number of carbonyl (C=O) groups excluding carboxylic acids is 3. The molecule has 1 saturated heterocycles. The molecule has 1 aromatic rings. The SMILES string of the molecule is CC(C)C[C@H](NC(=O)[C@@H](O)CC(C)C)C(=O)N[C@@H]1C(=O)NCCS[C@@H]1c1ccccc1. The Labute approximate surface area is 189 Å². The summed E-state index contributed by atoms with van der Waals surface area (Å²) in [6.45, 7) is 8.28. The third-order valence-electron chi connectivity index (χ3n) is 5.05. The van der Waals surface area contributed by atoms with Gasteiger partial charge in [0.25, 0.3) is 0 Å². The predicted octanol–water partition coefficient (Wildman–Crippen LogP) is 2.01. The van der Waals surface area contributed by atoms with E-state index in [2.05, 4.69) is 16.0 Å². The maximum atomic E-state index is 13.2. The van der Waals surface area contributed by atoms with Crippen LogP contribution in [0.2, 0.25) is 0 Å². The fourth-order valence-corrected chi connectivity index (χ4v) is 4.76. The van der Waals surface area contributed by atoms with Crippen LogP contribution >= 0.6 is 11.8 Å². The van der Waals surface area contributed by atoms with Gasteiger partial charge >= 0.3 is 0 Å². The number of aliphatic hydroxyl groups is 1. The van der Waals surface area contributed by atoms with Crippen molar-refractivity contribution in [2.75, 3.05) is 12.3 Å². The van der Waals surface area contributed by atoms with Gasteiger partial charge in [0.15, 0.2) is 0 Å². The van der Waals surface area contributed by atoms with Crippen LogP contribution in [-0.2, 0) is 14.4 Å². The van der Waals surface area contributed by atoms with Gasteiger partial charge in [-0.2, -0.15) is 0 Å². The number of amides is 3. The first-order valence-electron chi connectivity index (χ1n) is 10.9. The minimum Gasteiger partial charge on any atom is -0.383 e. The summed E-state index contributed by atoms with van der Waals surface area (Å²) in [6, 6.07) is 8.05. The molecule has 0 aliphatic carbocycles. The van der Waals surface area contributed by atoms with Gasteiger partial charge in [0.2, 0.25) is 17.7 Å². The molecule has 0 spiro atoms. The molecule has 7 nitrogen and oxygen atoms in total. The van der Waals surface area contributed by atoms with E-state index in [0.717, 1.165) is 11.3 Å². The molecule has 8 heteroatoms. The van der Waals surface area contributed by atoms with Gasteiger partial charge in [-0.15, -0.1) is 11.8 Å². The maximum Gasteiger partial charge on any atom is 0.249 e. The predicted molar refractivity (Wildman–Crippen MR) is 123 cm³/mol. The first kappa shape index (κ1) is 25.2. The Morgan fingerprint density at radius 2 is 1.74 bits per heavy atom. The molecule has 0 saturated carbocycles. The molecule has 3 amide bonds. The molecule has 2 rings (SSSR count). The van der Waals surface area contributed by atoms with Gasteiger partial charge in [0.05, 0.1) is 5.25 Å². The van der Waals surface area contributed by atoms with Gasteiger partial charge in [-0.05, 0) is 30.2 Å². The number of thioether (sulfide) groups is 1. The number of aliphatic hydroxyl groups excluding tert-OH is 1. The summed E-state index contributed by atoms with van der Waals surface area (Å²) in [7, 11) is 0. The second kappa shape index (κ2) is 12.1. The van der Waals surface area contributed by atoms with Crippen molar-refractivity contribution in [3.63, 3.8) is 0 Å². The molecule has 1 heterocycles. The molecule has 0 radical (unpaired) electrons. The van der Waals surface area contributed by atoms with Crippen molar-refractivity contribution in [3.05, 3.63) is 35.9 Å². The monoisotopic (exact) mass is 449 g/mol. The molecule has 1 aliphatic heterocycles. The van der Waals surface area contributed by atoms with Gasteiger partial charge in [-0.25, -0.2) is 0 Å². The number of hydrogen-bond acceptors (Lipinski definition) is 5. The number of hydrogen-bond donors (Lipinski definition) is 4. The zero-order valence-corrected chi connectivity index (χ0v) is 19.6. The molecule has 0 unspecified atom stereocenters. The molecule has 0 aromatic heterocycles. The minimum absolute atomic E-state index is 0.139. The second-order valence-corrected chi connectivity index (χ2v) is 10.1. The Hall–Kier alpha value is -2.06. The van der Waals surface area contributed by atoms with E-state index >= 15 is 0 Å². The molecule has 4 atom stereocenters. The quantitative estimate of drug-likeness (QED) is 0.461. The van der Waals surface area contributed by atoms with Crippen LogP contribution in [0.3, 0.4) is 0 Å². The standard InChI is InChI=1S/C23H35N3O4S/c1-14(2)12-17(25-22(29)18(27)13-15(3)4)21(28)26-19-20(16-8-6-5-7-9-16)31-11-10-24-23(19)30/h5-9,14-15,17-20,27H,10-13H2,1-4H3,(H,24,30)(H,25,29)(H,26,28)/t17-,18-,19-,20+/m0/s1. The molecule has 1 aromatic carbocycles. The normalized spacial score (nSPS) is 21.2. The van der Waals surface area contributed by atoms with Crippen LogP contribution in [0.5, 0.6) is 0 Å². The van der Waals surface area contributed by atoms with Gasteiger partial charge in [-0.3, -0.25) is 14.4 Å². The van der Waals surface area contributed by atoms with Crippen LogP contribution in [-0.4, -0.2) is 53.3 Å². The van der Waals surface area contributed by atoms with Crippen molar-refractivity contribution in [3.8, 4) is 0 Å². The van der Waals surface area contributed by atoms with Crippen LogP contribution in [0, 0.1) is 11.8 Å². The van der Waals surface area contributed by atoms with Crippen molar-refractivity contribution >= 4 is 29.5 Å². The third-order valence-corrected chi connectivity index (χ3v) is 6.39. The van der Waals surface area contributed by atoms with E-state index in [1.165, 1.54) is 0 Å². The van der Waals surface area contributed by atoms with E-state index < -0.39 is 30.0 Å². The second-order valence-electron chi connectivity index (χ2n) is 8.82. The van der Waals surface area contributed by atoms with Crippen LogP contribution in [0.4, 0.5) is 0 Å². The smallest absolute Gasteiger partial charge is 0.249 e. The van der Waals surface area contributed by atoms with Gasteiger partial charge in [0, 0.05) is 12.3 Å². The summed E-state index contributed by atoms with van der Waals surface area (Å²) in [6.07, 6.45) is -0.445. The molecule has 172 valence electrons. The molecule has 1 aliphatic rings. The minimum atomic E-state index is -1.17. The fourth-order valence-electron chi connectivity index (χ4n) is 3.55. The summed E-state index contributed by atoms with van der Waals surface area (Å²) in [5, 5.41) is 18.3. The molecular formula is C23H35N3O4S. The maximum absolute atomic E-state index is 13.2. The van der Waals surface area contributed by atoms with Crippen molar-refractivity contribution in [2.24, 2.45) is 11.8 Å². The largest absolute Gasteiger partial charge is 0.383 e. The lowest BCUT2D eigenvalue weighted by Crippen LogP contribution is -2.56. The summed E-state index contributed by atoms with van der Waals surface area (Å²) >= 11 is 1.62. The third kappa shape index (κ3) is 7.85. The number of carbonyl (C=O) groups is 3. The zero-order valence-electron chi connectivity index (χ0n) is 18.8. The highest BCUT2D eigenvalue weighted by Gasteiger charge is 2.35. The first-order chi connectivity index (χ1) is 14.7. The highest BCUT2D eigenvalue weighted by Crippen LogP contribution is 2.33. The topological polar surface area (TPSA) is 108 Å². The van der Waals surface area contributed by atoms with E-state index in [4.69, 9.17) is 0 Å². The van der Waals surface area contributed by atoms with Crippen LogP contribution < -0.4 is 16.0 Å². The summed E-state index contributed by atoms with van der Waals surface area (Å²) < 4.78 is 0. The lowest BCUT2D eigenvalue weighted by molar-refractivity contribution is -0.136. The highest BCUT2D eigenvalue weighted by atomic mass is 32.2. The highest BCUT2D eigenvalue weighted by molar-refractivity contribution is 7.99. The lowest BCUT2D eigenvalue weighted by Gasteiger charge is -2.28. The van der Waals surface area contributed by atoms with Crippen molar-refractivity contribution in [1.82, 2.24) is 16.0 Å². The number of rotatable bonds is 9. The average molecular weight is 450 g/mol. The Morgan fingerprint density at radius 3 is 2.35 bits per heavy atom. The summed E-state index contributed by atoms with van der Waals surface area (Å²) in [4.78, 5) is 38.4. The molecular weight excluding hydrogens is 414 g/mol. The molecule has 31 heavy (non-hydrogen) atoms. The molecule has 4 N–H and O–H groups in total. The van der Waals surface area contributed by atoms with Crippen molar-refractivity contribution in [2.45, 2.75) is 64.0 Å². The van der Waals surface area contributed by atoms with E-state index in [1.54, 1.807) is 11.8 Å². The van der Waals surface area contributed by atoms with E-state index in [-0.39, 0.29) is 23.0 Å². The zero-order chi connectivity index (χ0) is 23.0. The number of benzene rings is 1. The van der Waals surface area contributed by atoms with E-state index in [9.17, 15) is 19.5 Å². The summed E-state index contributed by atoms with van der Waals surface area (Å²) in [5.74, 6) is -0.180. The Kier molecular flexibility index (Phi) is 9.84. The van der Waals surface area contributed by atoms with Gasteiger partial charge in [-0.1, -0.05) is 58.0 Å². The fraction of sp³-hybridized carbons (Fsp3) is 0.609. The average Bonchev–Trinajstić information content (AvgIpc) is 2.89. The summed E-state index contributed by atoms with van der Waals surface area (Å²) in [5.41, 5.74) is 0.964. The first-order valence-corrected chi connectivity index (χ1v) is 12.0. The van der Waals surface area contributed by atoms with E-state index in [0.29, 0.717) is 19.4 Å². The van der Waals surface area contributed by atoms with Crippen LogP contribution in [0.15, 0.2) is 30.3 Å². The van der Waals surface area contributed by atoms with Gasteiger partial charge < -0.3 is 21.1 Å². The Morgan fingerprint density at radius 1 is 1.10 bits per heavy atom. The molecule has 0 bridgehead atoms. The molecule has 1 fully saturated rings. The Bertz CT molecular complexity index is 742. The number of nitrogens with one attached hydrogen (secondary N) is 3. The van der Waals surface area contributed by atoms with Gasteiger partial charge in [0.1, 0.15) is 18.2 Å². The lowest BCUT2D eigenvalue weighted by atomic mass is 10.00. The van der Waals surface area contributed by atoms with Crippen LogP contribution in [0.1, 0.15) is 51.3 Å². The van der Waals surface area contributed by atoms with Crippen molar-refractivity contribution in [1.29, 1.82) is 0 Å². The van der Waals surface area contributed by atoms with Crippen LogP contribution in [0.25, 0.3) is 0 Å².